The van der Waals surface area contributed by atoms with Gasteiger partial charge < -0.3 is 10.6 Å². The summed E-state index contributed by atoms with van der Waals surface area (Å²) in [6, 6.07) is 5.37. The fourth-order valence-electron chi connectivity index (χ4n) is 2.24. The molecule has 1 amide bonds. The molecule has 0 radical (unpaired) electrons. The third-order valence-electron chi connectivity index (χ3n) is 3.41. The Bertz CT molecular complexity index is 594. The highest BCUT2D eigenvalue weighted by Crippen LogP contribution is 2.23. The SMILES string of the molecule is CC1CCNC1C(=O)Nc1ccc([N+](=O)[O-])cc1C#N. The molecule has 0 aliphatic carbocycles. The number of non-ortho nitro benzene ring substituents is 1. The van der Waals surface area contributed by atoms with Crippen LogP contribution < -0.4 is 10.6 Å². The summed E-state index contributed by atoms with van der Waals surface area (Å²) in [5.41, 5.74) is 0.203. The maximum Gasteiger partial charge on any atom is 0.270 e. The van der Waals surface area contributed by atoms with Crippen LogP contribution in [0, 0.1) is 27.4 Å². The fraction of sp³-hybridized carbons (Fsp3) is 0.385. The van der Waals surface area contributed by atoms with Gasteiger partial charge in [0.1, 0.15) is 6.07 Å². The molecule has 2 N–H and O–H groups in total. The van der Waals surface area contributed by atoms with Gasteiger partial charge in [-0.3, -0.25) is 14.9 Å². The van der Waals surface area contributed by atoms with E-state index in [1.165, 1.54) is 12.1 Å². The van der Waals surface area contributed by atoms with Crippen LogP contribution in [0.15, 0.2) is 18.2 Å². The summed E-state index contributed by atoms with van der Waals surface area (Å²) in [5, 5.41) is 25.4. The van der Waals surface area contributed by atoms with Crippen molar-refractivity contribution in [3.05, 3.63) is 33.9 Å². The Labute approximate surface area is 115 Å². The summed E-state index contributed by atoms with van der Waals surface area (Å²) >= 11 is 0. The van der Waals surface area contributed by atoms with Crippen molar-refractivity contribution in [1.82, 2.24) is 5.32 Å². The minimum absolute atomic E-state index is 0.0817. The number of anilines is 1. The number of rotatable bonds is 3. The fourth-order valence-corrected chi connectivity index (χ4v) is 2.24. The average Bonchev–Trinajstić information content (AvgIpc) is 2.85. The van der Waals surface area contributed by atoms with Crippen molar-refractivity contribution in [1.29, 1.82) is 5.26 Å². The van der Waals surface area contributed by atoms with E-state index in [2.05, 4.69) is 10.6 Å². The van der Waals surface area contributed by atoms with Crippen molar-refractivity contribution in [2.75, 3.05) is 11.9 Å². The summed E-state index contributed by atoms with van der Waals surface area (Å²) in [7, 11) is 0. The van der Waals surface area contributed by atoms with Gasteiger partial charge in [0.2, 0.25) is 5.91 Å². The number of carbonyl (C=O) groups is 1. The van der Waals surface area contributed by atoms with Gasteiger partial charge in [-0.2, -0.15) is 5.26 Å². The molecule has 1 aliphatic heterocycles. The molecule has 1 heterocycles. The second-order valence-electron chi connectivity index (χ2n) is 4.79. The minimum Gasteiger partial charge on any atom is -0.324 e. The molecule has 0 saturated carbocycles. The summed E-state index contributed by atoms with van der Waals surface area (Å²) in [4.78, 5) is 22.2. The number of nitriles is 1. The topological polar surface area (TPSA) is 108 Å². The van der Waals surface area contributed by atoms with Crippen LogP contribution in [0.1, 0.15) is 18.9 Å². The highest BCUT2D eigenvalue weighted by atomic mass is 16.6. The van der Waals surface area contributed by atoms with Gasteiger partial charge >= 0.3 is 0 Å². The van der Waals surface area contributed by atoms with Gasteiger partial charge in [0.15, 0.2) is 0 Å². The Hall–Kier alpha value is -2.46. The predicted molar refractivity (Wildman–Crippen MR) is 72.0 cm³/mol. The van der Waals surface area contributed by atoms with Crippen molar-refractivity contribution >= 4 is 17.3 Å². The molecule has 1 saturated heterocycles. The average molecular weight is 274 g/mol. The first-order valence-electron chi connectivity index (χ1n) is 6.25. The molecule has 1 aliphatic rings. The van der Waals surface area contributed by atoms with Gasteiger partial charge in [-0.1, -0.05) is 6.92 Å². The van der Waals surface area contributed by atoms with Crippen molar-refractivity contribution in [3.8, 4) is 6.07 Å². The van der Waals surface area contributed by atoms with Crippen molar-refractivity contribution in [3.63, 3.8) is 0 Å². The van der Waals surface area contributed by atoms with E-state index in [0.717, 1.165) is 19.0 Å². The molecule has 7 heteroatoms. The number of nitrogens with zero attached hydrogens (tertiary/aromatic N) is 2. The number of amides is 1. The highest BCUT2D eigenvalue weighted by Gasteiger charge is 2.29. The molecule has 1 aromatic rings. The molecule has 1 fully saturated rings. The molecule has 7 nitrogen and oxygen atoms in total. The molecule has 0 spiro atoms. The summed E-state index contributed by atoms with van der Waals surface area (Å²) in [5.74, 6) is -0.000984. The standard InChI is InChI=1S/C13H14N4O3/c1-8-4-5-15-12(8)13(18)16-11-3-2-10(17(19)20)6-9(11)7-14/h2-3,6,8,12,15H,4-5H2,1H3,(H,16,18). The third-order valence-corrected chi connectivity index (χ3v) is 3.41. The first-order valence-corrected chi connectivity index (χ1v) is 6.25. The van der Waals surface area contributed by atoms with E-state index >= 15 is 0 Å². The van der Waals surface area contributed by atoms with Crippen LogP contribution in [-0.4, -0.2) is 23.4 Å². The summed E-state index contributed by atoms with van der Waals surface area (Å²) in [6.45, 7) is 2.76. The lowest BCUT2D eigenvalue weighted by Gasteiger charge is -2.15. The van der Waals surface area contributed by atoms with Gasteiger partial charge in [-0.05, 0) is 24.9 Å². The molecular formula is C13H14N4O3. The van der Waals surface area contributed by atoms with Crippen LogP contribution in [0.25, 0.3) is 0 Å². The lowest BCUT2D eigenvalue weighted by atomic mass is 10.0. The predicted octanol–water partition coefficient (Wildman–Crippen LogP) is 1.40. The summed E-state index contributed by atoms with van der Waals surface area (Å²) < 4.78 is 0. The normalized spacial score (nSPS) is 21.2. The smallest absolute Gasteiger partial charge is 0.270 e. The van der Waals surface area contributed by atoms with Crippen LogP contribution >= 0.6 is 0 Å². The maximum atomic E-state index is 12.1. The Morgan fingerprint density at radius 3 is 2.90 bits per heavy atom. The van der Waals surface area contributed by atoms with Gasteiger partial charge in [-0.25, -0.2) is 0 Å². The quantitative estimate of drug-likeness (QED) is 0.639. The number of carbonyl (C=O) groups excluding carboxylic acids is 1. The number of nitro groups is 1. The zero-order valence-corrected chi connectivity index (χ0v) is 10.9. The van der Waals surface area contributed by atoms with E-state index in [9.17, 15) is 14.9 Å². The molecule has 0 bridgehead atoms. The minimum atomic E-state index is -0.576. The molecule has 2 atom stereocenters. The van der Waals surface area contributed by atoms with Crippen molar-refractivity contribution in [2.24, 2.45) is 5.92 Å². The lowest BCUT2D eigenvalue weighted by molar-refractivity contribution is -0.384. The first-order chi connectivity index (χ1) is 9.52. The van der Waals surface area contributed by atoms with Crippen LogP contribution in [-0.2, 0) is 4.79 Å². The number of nitrogens with one attached hydrogen (secondary N) is 2. The number of hydrogen-bond acceptors (Lipinski definition) is 5. The van der Waals surface area contributed by atoms with Gasteiger partial charge in [0, 0.05) is 12.1 Å². The van der Waals surface area contributed by atoms with E-state index in [1.54, 1.807) is 0 Å². The van der Waals surface area contributed by atoms with Gasteiger partial charge in [-0.15, -0.1) is 0 Å². The monoisotopic (exact) mass is 274 g/mol. The zero-order chi connectivity index (χ0) is 14.7. The lowest BCUT2D eigenvalue weighted by Crippen LogP contribution is -2.39. The largest absolute Gasteiger partial charge is 0.324 e. The molecule has 0 aromatic heterocycles. The van der Waals surface area contributed by atoms with E-state index in [1.807, 2.05) is 13.0 Å². The Balaban J connectivity index is 2.19. The number of benzene rings is 1. The number of hydrogen-bond donors (Lipinski definition) is 2. The van der Waals surface area contributed by atoms with Crippen molar-refractivity contribution in [2.45, 2.75) is 19.4 Å². The first kappa shape index (κ1) is 14.0. The third kappa shape index (κ3) is 2.75. The van der Waals surface area contributed by atoms with Crippen LogP contribution in [0.2, 0.25) is 0 Å². The van der Waals surface area contributed by atoms with Crippen LogP contribution in [0.5, 0.6) is 0 Å². The second-order valence-corrected chi connectivity index (χ2v) is 4.79. The van der Waals surface area contributed by atoms with Crippen LogP contribution in [0.3, 0.4) is 0 Å². The van der Waals surface area contributed by atoms with Crippen molar-refractivity contribution < 1.29 is 9.72 Å². The zero-order valence-electron chi connectivity index (χ0n) is 10.9. The highest BCUT2D eigenvalue weighted by molar-refractivity contribution is 5.96. The Kier molecular flexibility index (Phi) is 3.96. The molecule has 2 unspecified atom stereocenters. The Morgan fingerprint density at radius 1 is 1.60 bits per heavy atom. The maximum absolute atomic E-state index is 12.1. The van der Waals surface area contributed by atoms with E-state index < -0.39 is 4.92 Å². The molecule has 104 valence electrons. The van der Waals surface area contributed by atoms with Crippen LogP contribution in [0.4, 0.5) is 11.4 Å². The van der Waals surface area contributed by atoms with E-state index in [4.69, 9.17) is 5.26 Å². The van der Waals surface area contributed by atoms with Gasteiger partial charge in [0.25, 0.3) is 5.69 Å². The summed E-state index contributed by atoms with van der Waals surface area (Å²) in [6.07, 6.45) is 0.920. The molecule has 1 aromatic carbocycles. The molecule has 20 heavy (non-hydrogen) atoms. The van der Waals surface area contributed by atoms with E-state index in [-0.39, 0.29) is 29.1 Å². The van der Waals surface area contributed by atoms with Gasteiger partial charge in [0.05, 0.1) is 22.2 Å². The second kappa shape index (κ2) is 5.67. The molecule has 2 rings (SSSR count). The number of nitro benzene ring substituents is 1. The Morgan fingerprint density at radius 2 is 2.35 bits per heavy atom. The van der Waals surface area contributed by atoms with E-state index in [0.29, 0.717) is 5.69 Å². The molecular weight excluding hydrogens is 260 g/mol.